The molecule has 1 fully saturated rings. The smallest absolute Gasteiger partial charge is 0.326 e. The number of urea groups is 1. The van der Waals surface area contributed by atoms with E-state index in [-0.39, 0.29) is 6.04 Å². The highest BCUT2D eigenvalue weighted by molar-refractivity contribution is 5.83. The SMILES string of the molecule is CC1CC(NC(=O)NC(C(=O)O)C(C)(C)C)CCN1C. The molecule has 0 aliphatic carbocycles. The second-order valence-corrected chi connectivity index (χ2v) is 6.81. The molecule has 6 heteroatoms. The molecule has 1 saturated heterocycles. The highest BCUT2D eigenvalue weighted by Crippen LogP contribution is 2.20. The quantitative estimate of drug-likeness (QED) is 0.729. The second-order valence-electron chi connectivity index (χ2n) is 6.81. The van der Waals surface area contributed by atoms with E-state index in [2.05, 4.69) is 29.5 Å². The van der Waals surface area contributed by atoms with Crippen LogP contribution in [-0.2, 0) is 4.79 Å². The molecule has 116 valence electrons. The van der Waals surface area contributed by atoms with Gasteiger partial charge in [0.15, 0.2) is 0 Å². The van der Waals surface area contributed by atoms with Crippen LogP contribution >= 0.6 is 0 Å². The van der Waals surface area contributed by atoms with Crippen LogP contribution in [0.5, 0.6) is 0 Å². The summed E-state index contributed by atoms with van der Waals surface area (Å²) in [4.78, 5) is 25.4. The number of amides is 2. The van der Waals surface area contributed by atoms with Crippen LogP contribution in [0.25, 0.3) is 0 Å². The summed E-state index contributed by atoms with van der Waals surface area (Å²) in [5, 5.41) is 14.6. The average Bonchev–Trinajstić information content (AvgIpc) is 2.29. The van der Waals surface area contributed by atoms with Crippen molar-refractivity contribution in [3.63, 3.8) is 0 Å². The summed E-state index contributed by atoms with van der Waals surface area (Å²) >= 11 is 0. The Morgan fingerprint density at radius 3 is 2.40 bits per heavy atom. The number of piperidine rings is 1. The molecule has 0 aromatic rings. The Morgan fingerprint density at radius 1 is 1.35 bits per heavy atom. The summed E-state index contributed by atoms with van der Waals surface area (Å²) < 4.78 is 0. The molecule has 0 radical (unpaired) electrons. The maximum absolute atomic E-state index is 12.0. The number of hydrogen-bond donors (Lipinski definition) is 3. The third-order valence-electron chi connectivity index (χ3n) is 3.93. The van der Waals surface area contributed by atoms with Gasteiger partial charge >= 0.3 is 12.0 Å². The van der Waals surface area contributed by atoms with Gasteiger partial charge in [-0.15, -0.1) is 0 Å². The van der Waals surface area contributed by atoms with Crippen molar-refractivity contribution in [1.29, 1.82) is 0 Å². The molecule has 1 aliphatic rings. The van der Waals surface area contributed by atoms with Crippen LogP contribution in [0.3, 0.4) is 0 Å². The normalized spacial score (nSPS) is 25.9. The monoisotopic (exact) mass is 285 g/mol. The number of hydrogen-bond acceptors (Lipinski definition) is 3. The van der Waals surface area contributed by atoms with Crippen molar-refractivity contribution in [3.05, 3.63) is 0 Å². The van der Waals surface area contributed by atoms with E-state index in [0.717, 1.165) is 19.4 Å². The lowest BCUT2D eigenvalue weighted by molar-refractivity contribution is -0.141. The Hall–Kier alpha value is -1.30. The molecular weight excluding hydrogens is 258 g/mol. The maximum Gasteiger partial charge on any atom is 0.326 e. The van der Waals surface area contributed by atoms with Crippen LogP contribution in [0.1, 0.15) is 40.5 Å². The second kappa shape index (κ2) is 6.43. The van der Waals surface area contributed by atoms with Gasteiger partial charge in [0.05, 0.1) is 0 Å². The van der Waals surface area contributed by atoms with Crippen LogP contribution < -0.4 is 10.6 Å². The van der Waals surface area contributed by atoms with E-state index in [1.165, 1.54) is 0 Å². The highest BCUT2D eigenvalue weighted by atomic mass is 16.4. The molecule has 1 rings (SSSR count). The highest BCUT2D eigenvalue weighted by Gasteiger charge is 2.33. The lowest BCUT2D eigenvalue weighted by atomic mass is 9.87. The molecule has 2 amide bonds. The van der Waals surface area contributed by atoms with Crippen molar-refractivity contribution in [2.75, 3.05) is 13.6 Å². The molecule has 3 N–H and O–H groups in total. The predicted octanol–water partition coefficient (Wildman–Crippen LogP) is 1.27. The minimum Gasteiger partial charge on any atom is -0.480 e. The summed E-state index contributed by atoms with van der Waals surface area (Å²) in [5.41, 5.74) is -0.525. The fourth-order valence-electron chi connectivity index (χ4n) is 2.43. The van der Waals surface area contributed by atoms with Crippen LogP contribution in [0.15, 0.2) is 0 Å². The first-order valence-electron chi connectivity index (χ1n) is 7.11. The topological polar surface area (TPSA) is 81.7 Å². The first-order valence-corrected chi connectivity index (χ1v) is 7.11. The van der Waals surface area contributed by atoms with Gasteiger partial charge in [-0.3, -0.25) is 0 Å². The Balaban J connectivity index is 2.52. The minimum absolute atomic E-state index is 0.107. The van der Waals surface area contributed by atoms with Crippen molar-refractivity contribution in [3.8, 4) is 0 Å². The molecule has 1 aliphatic heterocycles. The fourth-order valence-corrected chi connectivity index (χ4v) is 2.43. The van der Waals surface area contributed by atoms with E-state index < -0.39 is 23.5 Å². The standard InChI is InChI=1S/C14H27N3O3/c1-9-8-10(6-7-17(9)5)15-13(20)16-11(12(18)19)14(2,3)4/h9-11H,6-8H2,1-5H3,(H,18,19)(H2,15,16,20). The lowest BCUT2D eigenvalue weighted by Crippen LogP contribution is -2.55. The van der Waals surface area contributed by atoms with Gasteiger partial charge in [-0.25, -0.2) is 9.59 Å². The predicted molar refractivity (Wildman–Crippen MR) is 77.7 cm³/mol. The van der Waals surface area contributed by atoms with Gasteiger partial charge in [-0.2, -0.15) is 0 Å². The number of carboxylic acid groups (broad SMARTS) is 1. The van der Waals surface area contributed by atoms with E-state index in [4.69, 9.17) is 0 Å². The van der Waals surface area contributed by atoms with Gasteiger partial charge in [0.25, 0.3) is 0 Å². The van der Waals surface area contributed by atoms with Crippen LogP contribution in [0.4, 0.5) is 4.79 Å². The fraction of sp³-hybridized carbons (Fsp3) is 0.857. The summed E-state index contributed by atoms with van der Waals surface area (Å²) in [7, 11) is 2.07. The number of carbonyl (C=O) groups excluding carboxylic acids is 1. The first-order chi connectivity index (χ1) is 9.11. The summed E-state index contributed by atoms with van der Waals surface area (Å²) in [5.74, 6) is -1.01. The number of likely N-dealkylation sites (tertiary alicyclic amines) is 1. The van der Waals surface area contributed by atoms with Gasteiger partial charge in [0.2, 0.25) is 0 Å². The summed E-state index contributed by atoms with van der Waals surface area (Å²) in [6.45, 7) is 8.45. The molecule has 0 saturated carbocycles. The van der Waals surface area contributed by atoms with Gasteiger partial charge in [0.1, 0.15) is 6.04 Å². The molecule has 0 bridgehead atoms. The third kappa shape index (κ3) is 4.67. The molecule has 6 nitrogen and oxygen atoms in total. The summed E-state index contributed by atoms with van der Waals surface area (Å²) in [6, 6.07) is -0.761. The zero-order valence-electron chi connectivity index (χ0n) is 13.1. The first kappa shape index (κ1) is 16.8. The van der Waals surface area contributed by atoms with Crippen LogP contribution in [0.2, 0.25) is 0 Å². The zero-order chi connectivity index (χ0) is 15.5. The Bertz CT molecular complexity index is 365. The molecule has 0 aromatic heterocycles. The van der Waals surface area contributed by atoms with Crippen molar-refractivity contribution in [2.45, 2.75) is 58.7 Å². The van der Waals surface area contributed by atoms with Gasteiger partial charge in [0, 0.05) is 18.6 Å². The number of carbonyl (C=O) groups is 2. The molecule has 3 atom stereocenters. The van der Waals surface area contributed by atoms with E-state index >= 15 is 0 Å². The van der Waals surface area contributed by atoms with Crippen molar-refractivity contribution in [2.24, 2.45) is 5.41 Å². The average molecular weight is 285 g/mol. The van der Waals surface area contributed by atoms with Crippen LogP contribution in [0, 0.1) is 5.41 Å². The minimum atomic E-state index is -1.01. The largest absolute Gasteiger partial charge is 0.480 e. The number of nitrogens with one attached hydrogen (secondary N) is 2. The third-order valence-corrected chi connectivity index (χ3v) is 3.93. The Labute approximate surface area is 120 Å². The molecule has 0 aromatic carbocycles. The summed E-state index contributed by atoms with van der Waals surface area (Å²) in [6.07, 6.45) is 1.78. The van der Waals surface area contributed by atoms with E-state index in [9.17, 15) is 14.7 Å². The van der Waals surface area contributed by atoms with Crippen LogP contribution in [-0.4, -0.2) is 53.7 Å². The molecule has 20 heavy (non-hydrogen) atoms. The van der Waals surface area contributed by atoms with Gasteiger partial charge in [-0.1, -0.05) is 20.8 Å². The Kier molecular flexibility index (Phi) is 5.39. The molecule has 3 unspecified atom stereocenters. The van der Waals surface area contributed by atoms with E-state index in [1.54, 1.807) is 20.8 Å². The molecular formula is C14H27N3O3. The van der Waals surface area contributed by atoms with Crippen molar-refractivity contribution in [1.82, 2.24) is 15.5 Å². The van der Waals surface area contributed by atoms with E-state index in [0.29, 0.717) is 6.04 Å². The lowest BCUT2D eigenvalue weighted by Gasteiger charge is -2.36. The number of aliphatic carboxylic acids is 1. The number of carboxylic acids is 1. The van der Waals surface area contributed by atoms with Crippen molar-refractivity contribution >= 4 is 12.0 Å². The molecule has 0 spiro atoms. The zero-order valence-corrected chi connectivity index (χ0v) is 13.1. The molecule has 1 heterocycles. The van der Waals surface area contributed by atoms with Gasteiger partial charge < -0.3 is 20.6 Å². The Morgan fingerprint density at radius 2 is 1.95 bits per heavy atom. The van der Waals surface area contributed by atoms with Crippen molar-refractivity contribution < 1.29 is 14.7 Å². The number of rotatable bonds is 3. The van der Waals surface area contributed by atoms with Gasteiger partial charge in [-0.05, 0) is 32.2 Å². The van der Waals surface area contributed by atoms with E-state index in [1.807, 2.05) is 0 Å². The number of nitrogens with zero attached hydrogens (tertiary/aromatic N) is 1. The maximum atomic E-state index is 12.0.